The molecule has 6 nitrogen and oxygen atoms in total. The maximum absolute atomic E-state index is 12.5. The predicted molar refractivity (Wildman–Crippen MR) is 102 cm³/mol. The van der Waals surface area contributed by atoms with Gasteiger partial charge >= 0.3 is 0 Å². The molecule has 1 aliphatic rings. The zero-order valence-corrected chi connectivity index (χ0v) is 15.5. The number of nitrogens with one attached hydrogen (secondary N) is 1. The molecule has 27 heavy (non-hydrogen) atoms. The first-order valence-electron chi connectivity index (χ1n) is 8.94. The van der Waals surface area contributed by atoms with Crippen LogP contribution in [0.2, 0.25) is 0 Å². The lowest BCUT2D eigenvalue weighted by atomic mass is 9.90. The second-order valence-electron chi connectivity index (χ2n) is 7.31. The zero-order valence-electron chi connectivity index (χ0n) is 15.5. The predicted octanol–water partition coefficient (Wildman–Crippen LogP) is 3.23. The highest BCUT2D eigenvalue weighted by molar-refractivity contribution is 5.79. The van der Waals surface area contributed by atoms with Gasteiger partial charge in [-0.3, -0.25) is 4.79 Å². The number of ether oxygens (including phenoxy) is 3. The van der Waals surface area contributed by atoms with Crippen molar-refractivity contribution in [2.75, 3.05) is 19.8 Å². The van der Waals surface area contributed by atoms with Gasteiger partial charge in [0.05, 0.1) is 25.5 Å². The smallest absolute Gasteiger partial charge is 0.217 e. The summed E-state index contributed by atoms with van der Waals surface area (Å²) in [6.45, 7) is 6.19. The topological polar surface area (TPSA) is 73.4 Å². The van der Waals surface area contributed by atoms with Crippen molar-refractivity contribution in [2.45, 2.75) is 20.5 Å². The Morgan fingerprint density at radius 1 is 1.22 bits per heavy atom. The molecule has 1 N–H and O–H groups in total. The number of pyridine rings is 2. The molecular weight excluding hydrogens is 344 g/mol. The zero-order chi connectivity index (χ0) is 18.9. The molecule has 3 heterocycles. The summed E-state index contributed by atoms with van der Waals surface area (Å²) in [5.74, 6) is 1.16. The highest BCUT2D eigenvalue weighted by Gasteiger charge is 2.34. The Morgan fingerprint density at radius 2 is 2.04 bits per heavy atom. The third-order valence-corrected chi connectivity index (χ3v) is 4.81. The van der Waals surface area contributed by atoms with Gasteiger partial charge in [-0.25, -0.2) is 4.98 Å². The summed E-state index contributed by atoms with van der Waals surface area (Å²) in [5, 5.41) is 0.681. The van der Waals surface area contributed by atoms with E-state index in [1.807, 2.05) is 24.3 Å². The number of fused-ring (bicyclic) bond motifs is 1. The van der Waals surface area contributed by atoms with E-state index < -0.39 is 0 Å². The van der Waals surface area contributed by atoms with Gasteiger partial charge in [0.25, 0.3) is 0 Å². The van der Waals surface area contributed by atoms with Crippen LogP contribution in [0.15, 0.2) is 47.4 Å². The summed E-state index contributed by atoms with van der Waals surface area (Å²) in [6.07, 6.45) is 1.65. The number of hydrogen-bond donors (Lipinski definition) is 1. The van der Waals surface area contributed by atoms with E-state index in [0.717, 1.165) is 24.4 Å². The molecule has 1 aromatic carbocycles. The van der Waals surface area contributed by atoms with Crippen LogP contribution in [0.5, 0.6) is 11.6 Å². The van der Waals surface area contributed by atoms with Crippen LogP contribution in [0.3, 0.4) is 0 Å². The Morgan fingerprint density at radius 3 is 2.81 bits per heavy atom. The summed E-state index contributed by atoms with van der Waals surface area (Å²) in [6, 6.07) is 11.0. The molecule has 2 aromatic heterocycles. The monoisotopic (exact) mass is 366 g/mol. The van der Waals surface area contributed by atoms with E-state index in [1.54, 1.807) is 25.3 Å². The molecule has 0 bridgehead atoms. The van der Waals surface area contributed by atoms with Gasteiger partial charge in [0.15, 0.2) is 5.43 Å². The quantitative estimate of drug-likeness (QED) is 0.725. The molecule has 0 spiro atoms. The second-order valence-corrected chi connectivity index (χ2v) is 7.31. The third-order valence-electron chi connectivity index (χ3n) is 4.81. The summed E-state index contributed by atoms with van der Waals surface area (Å²) < 4.78 is 16.9. The molecule has 0 radical (unpaired) electrons. The van der Waals surface area contributed by atoms with Crippen molar-refractivity contribution in [3.63, 3.8) is 0 Å². The van der Waals surface area contributed by atoms with Gasteiger partial charge in [-0.1, -0.05) is 19.1 Å². The SMILES string of the molecule is Cc1c(COc2cc(OCC3(C)COC3)ccn2)[nH]c2ccccc2c1=O. The first kappa shape index (κ1) is 17.5. The largest absolute Gasteiger partial charge is 0.493 e. The minimum Gasteiger partial charge on any atom is -0.493 e. The average molecular weight is 366 g/mol. The van der Waals surface area contributed by atoms with Crippen molar-refractivity contribution in [1.29, 1.82) is 0 Å². The minimum atomic E-state index is 0.0176. The van der Waals surface area contributed by atoms with Crippen LogP contribution in [0.4, 0.5) is 0 Å². The van der Waals surface area contributed by atoms with Crippen LogP contribution in [0.25, 0.3) is 10.9 Å². The lowest BCUT2D eigenvalue weighted by Crippen LogP contribution is -2.44. The lowest BCUT2D eigenvalue weighted by Gasteiger charge is -2.37. The summed E-state index contributed by atoms with van der Waals surface area (Å²) >= 11 is 0. The van der Waals surface area contributed by atoms with Crippen LogP contribution >= 0.6 is 0 Å². The normalized spacial score (nSPS) is 15.3. The summed E-state index contributed by atoms with van der Waals surface area (Å²) in [5.41, 5.74) is 2.29. The van der Waals surface area contributed by atoms with Crippen molar-refractivity contribution in [1.82, 2.24) is 9.97 Å². The van der Waals surface area contributed by atoms with E-state index in [-0.39, 0.29) is 17.5 Å². The number of nitrogens with zero attached hydrogens (tertiary/aromatic N) is 1. The van der Waals surface area contributed by atoms with Crippen LogP contribution in [0.1, 0.15) is 18.2 Å². The molecule has 0 amide bonds. The van der Waals surface area contributed by atoms with E-state index in [2.05, 4.69) is 16.9 Å². The highest BCUT2D eigenvalue weighted by atomic mass is 16.5. The first-order chi connectivity index (χ1) is 13.0. The van der Waals surface area contributed by atoms with Crippen LogP contribution in [-0.4, -0.2) is 29.8 Å². The fourth-order valence-electron chi connectivity index (χ4n) is 3.03. The van der Waals surface area contributed by atoms with Gasteiger partial charge in [0.2, 0.25) is 5.88 Å². The van der Waals surface area contributed by atoms with E-state index in [4.69, 9.17) is 14.2 Å². The maximum atomic E-state index is 12.5. The van der Waals surface area contributed by atoms with Gasteiger partial charge in [-0.05, 0) is 25.1 Å². The average Bonchev–Trinajstić information content (AvgIpc) is 2.67. The van der Waals surface area contributed by atoms with Gasteiger partial charge < -0.3 is 19.2 Å². The Labute approximate surface area is 157 Å². The van der Waals surface area contributed by atoms with Crippen molar-refractivity contribution >= 4 is 10.9 Å². The van der Waals surface area contributed by atoms with E-state index in [0.29, 0.717) is 29.2 Å². The van der Waals surface area contributed by atoms with E-state index >= 15 is 0 Å². The first-order valence-corrected chi connectivity index (χ1v) is 8.94. The van der Waals surface area contributed by atoms with Crippen molar-refractivity contribution in [3.8, 4) is 11.6 Å². The van der Waals surface area contributed by atoms with Crippen molar-refractivity contribution in [2.24, 2.45) is 5.41 Å². The number of para-hydroxylation sites is 1. The van der Waals surface area contributed by atoms with Gasteiger partial charge in [0, 0.05) is 34.1 Å². The summed E-state index contributed by atoms with van der Waals surface area (Å²) in [7, 11) is 0. The van der Waals surface area contributed by atoms with E-state index in [9.17, 15) is 4.79 Å². The lowest BCUT2D eigenvalue weighted by molar-refractivity contribution is -0.120. The van der Waals surface area contributed by atoms with Crippen LogP contribution in [0, 0.1) is 12.3 Å². The third kappa shape index (κ3) is 3.66. The van der Waals surface area contributed by atoms with Gasteiger partial charge in [-0.2, -0.15) is 0 Å². The fraction of sp³-hybridized carbons (Fsp3) is 0.333. The Balaban J connectivity index is 1.47. The fourth-order valence-corrected chi connectivity index (χ4v) is 3.03. The van der Waals surface area contributed by atoms with Gasteiger partial charge in [0.1, 0.15) is 12.4 Å². The molecule has 1 saturated heterocycles. The van der Waals surface area contributed by atoms with E-state index in [1.165, 1.54) is 0 Å². The molecule has 0 saturated carbocycles. The summed E-state index contributed by atoms with van der Waals surface area (Å²) in [4.78, 5) is 20.0. The number of benzene rings is 1. The molecular formula is C21H22N2O4. The Kier molecular flexibility index (Phi) is 4.58. The van der Waals surface area contributed by atoms with Crippen molar-refractivity contribution in [3.05, 3.63) is 64.1 Å². The Hall–Kier alpha value is -2.86. The molecule has 4 rings (SSSR count). The van der Waals surface area contributed by atoms with Crippen LogP contribution in [-0.2, 0) is 11.3 Å². The standard InChI is InChI=1S/C21H22N2O4/c1-14-18(23-17-6-4-3-5-16(17)20(14)24)10-26-19-9-15(7-8-22-19)27-13-21(2)11-25-12-21/h3-9H,10-13H2,1-2H3,(H,23,24). The highest BCUT2D eigenvalue weighted by Crippen LogP contribution is 2.28. The molecule has 140 valence electrons. The molecule has 6 heteroatoms. The van der Waals surface area contributed by atoms with Crippen LogP contribution < -0.4 is 14.9 Å². The molecule has 1 fully saturated rings. The maximum Gasteiger partial charge on any atom is 0.217 e. The van der Waals surface area contributed by atoms with Gasteiger partial charge in [-0.15, -0.1) is 0 Å². The Bertz CT molecular complexity index is 1020. The molecule has 0 atom stereocenters. The number of aromatic nitrogens is 2. The number of hydrogen-bond acceptors (Lipinski definition) is 5. The number of rotatable bonds is 6. The second kappa shape index (κ2) is 7.04. The minimum absolute atomic E-state index is 0.0176. The number of aromatic amines is 1. The molecule has 1 aliphatic heterocycles. The van der Waals surface area contributed by atoms with Crippen molar-refractivity contribution < 1.29 is 14.2 Å². The molecule has 0 aliphatic carbocycles. The molecule has 3 aromatic rings. The number of H-pyrrole nitrogens is 1. The molecule has 0 unspecified atom stereocenters.